The van der Waals surface area contributed by atoms with Gasteiger partial charge in [-0.25, -0.2) is 0 Å². The third-order valence-corrected chi connectivity index (χ3v) is 6.74. The second-order valence-electron chi connectivity index (χ2n) is 8.72. The zero-order valence-electron chi connectivity index (χ0n) is 18.1. The molecule has 0 amide bonds. The fraction of sp³-hybridized carbons (Fsp3) is 0.522. The molecule has 164 valence electrons. The number of benzene rings is 1. The number of likely N-dealkylation sites (tertiary alicyclic amines) is 1. The SMILES string of the molecule is COc1ccccc1-c1cc2c(nn1)c(N)nn2C1CCN(CC2CCNCC2)CC1. The van der Waals surface area contributed by atoms with E-state index in [0.29, 0.717) is 17.4 Å². The highest BCUT2D eigenvalue weighted by molar-refractivity contribution is 5.87. The van der Waals surface area contributed by atoms with E-state index in [-0.39, 0.29) is 0 Å². The predicted molar refractivity (Wildman–Crippen MR) is 122 cm³/mol. The van der Waals surface area contributed by atoms with E-state index in [1.807, 2.05) is 30.3 Å². The Balaban J connectivity index is 1.36. The number of nitrogen functional groups attached to an aromatic ring is 1. The van der Waals surface area contributed by atoms with Gasteiger partial charge in [-0.05, 0) is 62.9 Å². The number of nitrogens with two attached hydrogens (primary N) is 1. The molecule has 0 unspecified atom stereocenters. The van der Waals surface area contributed by atoms with E-state index in [4.69, 9.17) is 10.5 Å². The molecule has 2 aliphatic rings. The minimum absolute atomic E-state index is 0.332. The summed E-state index contributed by atoms with van der Waals surface area (Å²) in [5, 5.41) is 16.9. The van der Waals surface area contributed by atoms with Gasteiger partial charge < -0.3 is 20.7 Å². The maximum absolute atomic E-state index is 6.20. The van der Waals surface area contributed by atoms with Gasteiger partial charge in [0.15, 0.2) is 11.3 Å². The first-order chi connectivity index (χ1) is 15.2. The van der Waals surface area contributed by atoms with Crippen molar-refractivity contribution in [3.05, 3.63) is 30.3 Å². The molecule has 3 aromatic rings. The zero-order chi connectivity index (χ0) is 21.2. The van der Waals surface area contributed by atoms with Crippen molar-refractivity contribution in [2.75, 3.05) is 45.6 Å². The lowest BCUT2D eigenvalue weighted by molar-refractivity contribution is 0.148. The van der Waals surface area contributed by atoms with Crippen molar-refractivity contribution >= 4 is 16.9 Å². The van der Waals surface area contributed by atoms with Crippen LogP contribution in [0.15, 0.2) is 30.3 Å². The highest BCUT2D eigenvalue weighted by Gasteiger charge is 2.26. The molecule has 3 N–H and O–H groups in total. The molecule has 5 rings (SSSR count). The Morgan fingerprint density at radius 3 is 2.65 bits per heavy atom. The number of anilines is 1. The van der Waals surface area contributed by atoms with Crippen molar-refractivity contribution in [1.82, 2.24) is 30.2 Å². The normalized spacial score (nSPS) is 19.1. The van der Waals surface area contributed by atoms with E-state index in [0.717, 1.165) is 67.5 Å². The highest BCUT2D eigenvalue weighted by atomic mass is 16.5. The highest BCUT2D eigenvalue weighted by Crippen LogP contribution is 2.33. The van der Waals surface area contributed by atoms with Crippen molar-refractivity contribution in [1.29, 1.82) is 0 Å². The Morgan fingerprint density at radius 2 is 1.87 bits per heavy atom. The standard InChI is InChI=1S/C23H31N7O/c1-31-21-5-3-2-4-18(21)19-14-20-22(27-26-19)23(24)28-30(20)17-8-12-29(13-9-17)15-16-6-10-25-11-7-16/h2-5,14,16-17,25H,6-13,15H2,1H3,(H2,24,28). The van der Waals surface area contributed by atoms with Crippen LogP contribution in [0.2, 0.25) is 0 Å². The maximum atomic E-state index is 6.20. The number of piperidine rings is 2. The summed E-state index contributed by atoms with van der Waals surface area (Å²) in [6.07, 6.45) is 4.75. The van der Waals surface area contributed by atoms with Gasteiger partial charge in [0.25, 0.3) is 0 Å². The Labute approximate surface area is 182 Å². The molecule has 2 aromatic heterocycles. The third kappa shape index (κ3) is 4.09. The molecule has 0 bridgehead atoms. The van der Waals surface area contributed by atoms with Crippen LogP contribution in [0.5, 0.6) is 5.75 Å². The van der Waals surface area contributed by atoms with Crippen LogP contribution in [-0.4, -0.2) is 64.7 Å². The van der Waals surface area contributed by atoms with Crippen molar-refractivity contribution in [3.63, 3.8) is 0 Å². The van der Waals surface area contributed by atoms with Gasteiger partial charge in [-0.2, -0.15) is 5.10 Å². The van der Waals surface area contributed by atoms with Crippen molar-refractivity contribution in [2.45, 2.75) is 31.7 Å². The lowest BCUT2D eigenvalue weighted by Gasteiger charge is -2.35. The molecule has 8 nitrogen and oxygen atoms in total. The minimum Gasteiger partial charge on any atom is -0.496 e. The van der Waals surface area contributed by atoms with Gasteiger partial charge in [0.1, 0.15) is 5.75 Å². The van der Waals surface area contributed by atoms with Crippen molar-refractivity contribution in [2.24, 2.45) is 5.92 Å². The van der Waals surface area contributed by atoms with Crippen LogP contribution in [0.25, 0.3) is 22.3 Å². The summed E-state index contributed by atoms with van der Waals surface area (Å²) in [7, 11) is 1.67. The molecule has 0 aliphatic carbocycles. The molecular formula is C23H31N7O. The lowest BCUT2D eigenvalue weighted by Crippen LogP contribution is -2.40. The van der Waals surface area contributed by atoms with Crippen LogP contribution in [0, 0.1) is 5.92 Å². The van der Waals surface area contributed by atoms with Gasteiger partial charge in [-0.15, -0.1) is 10.2 Å². The summed E-state index contributed by atoms with van der Waals surface area (Å²) in [5.41, 5.74) is 9.52. The van der Waals surface area contributed by atoms with E-state index < -0.39 is 0 Å². The van der Waals surface area contributed by atoms with Gasteiger partial charge in [-0.1, -0.05) is 12.1 Å². The molecule has 0 atom stereocenters. The lowest BCUT2D eigenvalue weighted by atomic mass is 9.96. The number of aromatic nitrogens is 4. The number of ether oxygens (including phenoxy) is 1. The molecule has 0 radical (unpaired) electrons. The molecule has 2 fully saturated rings. The first kappa shape index (κ1) is 20.2. The van der Waals surface area contributed by atoms with E-state index >= 15 is 0 Å². The Kier molecular flexibility index (Phi) is 5.74. The van der Waals surface area contributed by atoms with Gasteiger partial charge in [0, 0.05) is 25.2 Å². The number of nitrogens with zero attached hydrogens (tertiary/aromatic N) is 5. The number of nitrogens with one attached hydrogen (secondary N) is 1. The Morgan fingerprint density at radius 1 is 1.10 bits per heavy atom. The van der Waals surface area contributed by atoms with E-state index in [2.05, 4.69) is 30.2 Å². The average molecular weight is 422 g/mol. The average Bonchev–Trinajstić information content (AvgIpc) is 3.16. The first-order valence-electron chi connectivity index (χ1n) is 11.3. The van der Waals surface area contributed by atoms with Gasteiger partial charge in [-0.3, -0.25) is 4.68 Å². The summed E-state index contributed by atoms with van der Waals surface area (Å²) in [6, 6.07) is 10.2. The largest absolute Gasteiger partial charge is 0.496 e. The minimum atomic E-state index is 0.332. The summed E-state index contributed by atoms with van der Waals surface area (Å²) < 4.78 is 7.60. The summed E-state index contributed by atoms with van der Waals surface area (Å²) in [6.45, 7) is 5.76. The van der Waals surface area contributed by atoms with E-state index in [1.165, 1.54) is 19.4 Å². The smallest absolute Gasteiger partial charge is 0.174 e. The molecule has 2 aliphatic heterocycles. The van der Waals surface area contributed by atoms with Crippen LogP contribution in [0.4, 0.5) is 5.82 Å². The zero-order valence-corrected chi connectivity index (χ0v) is 18.1. The first-order valence-corrected chi connectivity index (χ1v) is 11.3. The third-order valence-electron chi connectivity index (χ3n) is 6.74. The van der Waals surface area contributed by atoms with Crippen LogP contribution >= 0.6 is 0 Å². The van der Waals surface area contributed by atoms with Crippen LogP contribution in [0.1, 0.15) is 31.7 Å². The molecule has 31 heavy (non-hydrogen) atoms. The van der Waals surface area contributed by atoms with Crippen LogP contribution in [0.3, 0.4) is 0 Å². The monoisotopic (exact) mass is 421 g/mol. The second kappa shape index (κ2) is 8.80. The maximum Gasteiger partial charge on any atom is 0.174 e. The Bertz CT molecular complexity index is 1040. The van der Waals surface area contributed by atoms with Crippen LogP contribution < -0.4 is 15.8 Å². The summed E-state index contributed by atoms with van der Waals surface area (Å²) >= 11 is 0. The van der Waals surface area contributed by atoms with Crippen molar-refractivity contribution < 1.29 is 4.74 Å². The van der Waals surface area contributed by atoms with E-state index in [9.17, 15) is 0 Å². The molecular weight excluding hydrogens is 390 g/mol. The number of fused-ring (bicyclic) bond motifs is 1. The number of para-hydroxylation sites is 1. The molecule has 0 spiro atoms. The second-order valence-corrected chi connectivity index (χ2v) is 8.72. The van der Waals surface area contributed by atoms with Gasteiger partial charge in [0.2, 0.25) is 0 Å². The fourth-order valence-corrected chi connectivity index (χ4v) is 5.00. The molecule has 0 saturated carbocycles. The fourth-order valence-electron chi connectivity index (χ4n) is 5.00. The molecule has 2 saturated heterocycles. The molecule has 4 heterocycles. The van der Waals surface area contributed by atoms with Crippen LogP contribution in [-0.2, 0) is 0 Å². The topological polar surface area (TPSA) is 94.1 Å². The number of hydrogen-bond acceptors (Lipinski definition) is 7. The predicted octanol–water partition coefficient (Wildman–Crippen LogP) is 2.72. The molecule has 1 aromatic carbocycles. The summed E-state index contributed by atoms with van der Waals surface area (Å²) in [4.78, 5) is 2.63. The quantitative estimate of drug-likeness (QED) is 0.654. The summed E-state index contributed by atoms with van der Waals surface area (Å²) in [5.74, 6) is 2.06. The number of hydrogen-bond donors (Lipinski definition) is 2. The van der Waals surface area contributed by atoms with Crippen molar-refractivity contribution in [3.8, 4) is 17.0 Å². The Hall–Kier alpha value is -2.71. The van der Waals surface area contributed by atoms with Gasteiger partial charge >= 0.3 is 0 Å². The number of rotatable bonds is 5. The van der Waals surface area contributed by atoms with E-state index in [1.54, 1.807) is 7.11 Å². The number of methoxy groups -OCH3 is 1. The van der Waals surface area contributed by atoms with Gasteiger partial charge in [0.05, 0.1) is 24.4 Å². The molecule has 8 heteroatoms.